The summed E-state index contributed by atoms with van der Waals surface area (Å²) in [5, 5.41) is 28.1. The summed E-state index contributed by atoms with van der Waals surface area (Å²) in [6.45, 7) is 0. The van der Waals surface area contributed by atoms with Crippen LogP contribution in [0.25, 0.3) is 10.9 Å². The number of carbonyl (C=O) groups is 2. The topological polar surface area (TPSA) is 151 Å². The Bertz CT molecular complexity index is 887. The monoisotopic (exact) mass is 310 g/mol. The number of carboxylic acids is 2. The number of aromatic nitrogens is 1. The molecule has 0 spiro atoms. The summed E-state index contributed by atoms with van der Waals surface area (Å²) < 4.78 is 13.9. The highest BCUT2D eigenvalue weighted by molar-refractivity contribution is 5.96. The molecule has 0 radical (unpaired) electrons. The number of aromatic amines is 1. The maximum atomic E-state index is 13.9. The van der Waals surface area contributed by atoms with Gasteiger partial charge in [-0.1, -0.05) is 0 Å². The standard InChI is InChI=1S/C12H7FN2O7/c13-7-1-5-9(14-3-6(11(5)18)12(19)20)10(15(21)22)4(7)2-8(16)17/h1,3H,2H2,(H,14,18)(H,16,17)(H,19,20). The Hall–Kier alpha value is -3.30. The minimum Gasteiger partial charge on any atom is -0.481 e. The van der Waals surface area contributed by atoms with Crippen molar-refractivity contribution in [1.29, 1.82) is 0 Å². The third-order valence-electron chi connectivity index (χ3n) is 2.94. The molecule has 0 fully saturated rings. The van der Waals surface area contributed by atoms with Gasteiger partial charge in [0.15, 0.2) is 0 Å². The van der Waals surface area contributed by atoms with Gasteiger partial charge in [0, 0.05) is 6.20 Å². The quantitative estimate of drug-likeness (QED) is 0.560. The van der Waals surface area contributed by atoms with E-state index in [0.717, 1.165) is 6.20 Å². The van der Waals surface area contributed by atoms with Crippen LogP contribution in [0.2, 0.25) is 0 Å². The Labute approximate surface area is 119 Å². The Morgan fingerprint density at radius 2 is 2.00 bits per heavy atom. The molecule has 0 atom stereocenters. The van der Waals surface area contributed by atoms with Crippen LogP contribution in [0.1, 0.15) is 15.9 Å². The normalized spacial score (nSPS) is 10.6. The van der Waals surface area contributed by atoms with Gasteiger partial charge in [0.05, 0.1) is 22.3 Å². The highest BCUT2D eigenvalue weighted by atomic mass is 19.1. The molecule has 3 N–H and O–H groups in total. The van der Waals surface area contributed by atoms with Crippen LogP contribution < -0.4 is 5.43 Å². The van der Waals surface area contributed by atoms with Gasteiger partial charge in [-0.3, -0.25) is 19.7 Å². The van der Waals surface area contributed by atoms with Crippen molar-refractivity contribution in [3.05, 3.63) is 49.5 Å². The van der Waals surface area contributed by atoms with E-state index in [0.29, 0.717) is 6.07 Å². The van der Waals surface area contributed by atoms with E-state index in [1.165, 1.54) is 0 Å². The van der Waals surface area contributed by atoms with Crippen molar-refractivity contribution in [2.24, 2.45) is 0 Å². The first-order valence-corrected chi connectivity index (χ1v) is 5.70. The molecule has 0 saturated heterocycles. The first-order chi connectivity index (χ1) is 10.2. The fourth-order valence-electron chi connectivity index (χ4n) is 2.04. The molecule has 0 bridgehead atoms. The number of aliphatic carboxylic acids is 1. The lowest BCUT2D eigenvalue weighted by atomic mass is 10.0. The number of hydrogen-bond acceptors (Lipinski definition) is 5. The van der Waals surface area contributed by atoms with E-state index in [1.807, 2.05) is 0 Å². The molecular formula is C12H7FN2O7. The lowest BCUT2D eigenvalue weighted by molar-refractivity contribution is -0.384. The van der Waals surface area contributed by atoms with Gasteiger partial charge in [-0.05, 0) is 6.07 Å². The van der Waals surface area contributed by atoms with Crippen molar-refractivity contribution >= 4 is 28.5 Å². The molecule has 114 valence electrons. The smallest absolute Gasteiger partial charge is 0.341 e. The Kier molecular flexibility index (Phi) is 3.59. The molecule has 22 heavy (non-hydrogen) atoms. The van der Waals surface area contributed by atoms with Crippen molar-refractivity contribution in [3.63, 3.8) is 0 Å². The zero-order valence-corrected chi connectivity index (χ0v) is 10.6. The molecular weight excluding hydrogens is 303 g/mol. The third kappa shape index (κ3) is 2.37. The minimum absolute atomic E-state index is 0.433. The number of benzene rings is 1. The SMILES string of the molecule is O=C(O)Cc1c(F)cc2c(=O)c(C(=O)O)c[nH]c2c1[N+](=O)[O-]. The van der Waals surface area contributed by atoms with Crippen molar-refractivity contribution in [2.45, 2.75) is 6.42 Å². The van der Waals surface area contributed by atoms with E-state index in [9.17, 15) is 28.9 Å². The molecule has 1 aromatic heterocycles. The second kappa shape index (κ2) is 5.24. The number of nitro groups is 1. The average Bonchev–Trinajstić information content (AvgIpc) is 2.39. The Morgan fingerprint density at radius 3 is 2.50 bits per heavy atom. The number of rotatable bonds is 4. The lowest BCUT2D eigenvalue weighted by Gasteiger charge is -2.06. The number of aromatic carboxylic acids is 1. The van der Waals surface area contributed by atoms with Gasteiger partial charge in [-0.2, -0.15) is 0 Å². The zero-order chi connectivity index (χ0) is 16.6. The summed E-state index contributed by atoms with van der Waals surface area (Å²) >= 11 is 0. The molecule has 0 aliphatic carbocycles. The molecule has 0 aliphatic rings. The molecule has 2 rings (SSSR count). The second-order valence-electron chi connectivity index (χ2n) is 4.27. The van der Waals surface area contributed by atoms with Crippen LogP contribution in [0.3, 0.4) is 0 Å². The highest BCUT2D eigenvalue weighted by Gasteiger charge is 2.27. The molecule has 1 heterocycles. The number of H-pyrrole nitrogens is 1. The summed E-state index contributed by atoms with van der Waals surface area (Å²) in [4.78, 5) is 45.8. The van der Waals surface area contributed by atoms with E-state index in [2.05, 4.69) is 4.98 Å². The highest BCUT2D eigenvalue weighted by Crippen LogP contribution is 2.29. The van der Waals surface area contributed by atoms with Gasteiger partial charge in [0.1, 0.15) is 16.9 Å². The van der Waals surface area contributed by atoms with Crippen LogP contribution in [-0.4, -0.2) is 32.1 Å². The number of nitrogens with one attached hydrogen (secondary N) is 1. The number of halogens is 1. The van der Waals surface area contributed by atoms with Crippen LogP contribution in [0, 0.1) is 15.9 Å². The predicted molar refractivity (Wildman–Crippen MR) is 69.5 cm³/mol. The van der Waals surface area contributed by atoms with Crippen molar-refractivity contribution in [1.82, 2.24) is 4.98 Å². The van der Waals surface area contributed by atoms with Crippen molar-refractivity contribution < 1.29 is 29.1 Å². The molecule has 0 aliphatic heterocycles. The van der Waals surface area contributed by atoms with E-state index < -0.39 is 62.2 Å². The number of fused-ring (bicyclic) bond motifs is 1. The van der Waals surface area contributed by atoms with E-state index >= 15 is 0 Å². The van der Waals surface area contributed by atoms with E-state index in [1.54, 1.807) is 0 Å². The zero-order valence-electron chi connectivity index (χ0n) is 10.6. The molecule has 1 aromatic carbocycles. The van der Waals surface area contributed by atoms with E-state index in [4.69, 9.17) is 10.2 Å². The third-order valence-corrected chi connectivity index (χ3v) is 2.94. The number of carboxylic acid groups (broad SMARTS) is 2. The molecule has 10 heteroatoms. The molecule has 0 unspecified atom stereocenters. The van der Waals surface area contributed by atoms with Gasteiger partial charge in [-0.25, -0.2) is 9.18 Å². The summed E-state index contributed by atoms with van der Waals surface area (Å²) in [5.41, 5.74) is -3.87. The summed E-state index contributed by atoms with van der Waals surface area (Å²) in [5.74, 6) is -4.35. The number of nitrogens with zero attached hydrogens (tertiary/aromatic N) is 1. The van der Waals surface area contributed by atoms with E-state index in [-0.39, 0.29) is 0 Å². The molecule has 2 aromatic rings. The maximum absolute atomic E-state index is 13.9. The second-order valence-corrected chi connectivity index (χ2v) is 4.27. The van der Waals surface area contributed by atoms with Gasteiger partial charge in [-0.15, -0.1) is 0 Å². The maximum Gasteiger partial charge on any atom is 0.341 e. The van der Waals surface area contributed by atoms with Crippen LogP contribution in [0.15, 0.2) is 17.1 Å². The molecule has 0 amide bonds. The van der Waals surface area contributed by atoms with Crippen LogP contribution in [0.5, 0.6) is 0 Å². The average molecular weight is 310 g/mol. The van der Waals surface area contributed by atoms with Crippen molar-refractivity contribution in [3.8, 4) is 0 Å². The number of hydrogen-bond donors (Lipinski definition) is 3. The summed E-state index contributed by atoms with van der Waals surface area (Å²) in [6.07, 6.45) is -0.219. The Balaban J connectivity index is 2.96. The molecule has 9 nitrogen and oxygen atoms in total. The summed E-state index contributed by atoms with van der Waals surface area (Å²) in [7, 11) is 0. The predicted octanol–water partition coefficient (Wildman–Crippen LogP) is 0.901. The Morgan fingerprint density at radius 1 is 1.36 bits per heavy atom. The largest absolute Gasteiger partial charge is 0.481 e. The fourth-order valence-corrected chi connectivity index (χ4v) is 2.04. The van der Waals surface area contributed by atoms with Gasteiger partial charge in [0.2, 0.25) is 5.43 Å². The number of pyridine rings is 1. The van der Waals surface area contributed by atoms with Crippen molar-refractivity contribution in [2.75, 3.05) is 0 Å². The van der Waals surface area contributed by atoms with Gasteiger partial charge < -0.3 is 15.2 Å². The molecule has 0 saturated carbocycles. The fraction of sp³-hybridized carbons (Fsp3) is 0.0833. The van der Waals surface area contributed by atoms with Crippen LogP contribution in [0.4, 0.5) is 10.1 Å². The van der Waals surface area contributed by atoms with Gasteiger partial charge >= 0.3 is 11.9 Å². The van der Waals surface area contributed by atoms with Crippen LogP contribution >= 0.6 is 0 Å². The lowest BCUT2D eigenvalue weighted by Crippen LogP contribution is -2.17. The summed E-state index contributed by atoms with van der Waals surface area (Å²) in [6, 6.07) is 0.589. The number of nitro benzene ring substituents is 1. The van der Waals surface area contributed by atoms with Crippen LogP contribution in [-0.2, 0) is 11.2 Å². The first kappa shape index (κ1) is 15.1. The van der Waals surface area contributed by atoms with Gasteiger partial charge in [0.25, 0.3) is 5.69 Å². The first-order valence-electron chi connectivity index (χ1n) is 5.70. The minimum atomic E-state index is -1.58.